The first-order valence-electron chi connectivity index (χ1n) is 4.78. The number of carbonyl (C=O) groups is 1. The Morgan fingerprint density at radius 3 is 2.32 bits per heavy atom. The van der Waals surface area contributed by atoms with Gasteiger partial charge in [-0.05, 0) is 18.2 Å². The quantitative estimate of drug-likeness (QED) is 0.826. The highest BCUT2D eigenvalue weighted by Gasteiger charge is 2.13. The molecule has 0 spiro atoms. The van der Waals surface area contributed by atoms with E-state index < -0.39 is 11.5 Å². The lowest BCUT2D eigenvalue weighted by Crippen LogP contribution is -2.07. The van der Waals surface area contributed by atoms with E-state index in [1.165, 1.54) is 12.1 Å². The smallest absolute Gasteiger partial charge is 0.337 e. The third-order valence-electron chi connectivity index (χ3n) is 2.06. The van der Waals surface area contributed by atoms with E-state index in [2.05, 4.69) is 21.2 Å². The lowest BCUT2D eigenvalue weighted by Gasteiger charge is -2.08. The highest BCUT2D eigenvalue weighted by atomic mass is 79.9. The number of anilines is 1. The zero-order chi connectivity index (χ0) is 14.4. The standard InChI is InChI=1S/C12H5BrN4O2/c13-8-1-2-10(9(3-8)12(18)19)17-11(6-16)7(4-14)5-15/h1-3,17H,(H,18,19). The second-order valence-electron chi connectivity index (χ2n) is 3.21. The van der Waals surface area contributed by atoms with Gasteiger partial charge >= 0.3 is 5.97 Å². The van der Waals surface area contributed by atoms with Crippen molar-refractivity contribution in [2.24, 2.45) is 0 Å². The Morgan fingerprint density at radius 1 is 1.21 bits per heavy atom. The van der Waals surface area contributed by atoms with Crippen LogP contribution < -0.4 is 5.32 Å². The number of nitrogens with one attached hydrogen (secondary N) is 1. The minimum atomic E-state index is -1.20. The molecule has 0 saturated carbocycles. The van der Waals surface area contributed by atoms with Gasteiger partial charge in [0.05, 0.1) is 11.3 Å². The van der Waals surface area contributed by atoms with Gasteiger partial charge in [0.25, 0.3) is 0 Å². The van der Waals surface area contributed by atoms with Crippen LogP contribution in [-0.4, -0.2) is 11.1 Å². The van der Waals surface area contributed by atoms with Crippen molar-refractivity contribution < 1.29 is 9.90 Å². The van der Waals surface area contributed by atoms with E-state index >= 15 is 0 Å². The van der Waals surface area contributed by atoms with Crippen LogP contribution in [0.4, 0.5) is 5.69 Å². The van der Waals surface area contributed by atoms with Crippen LogP contribution in [-0.2, 0) is 0 Å². The summed E-state index contributed by atoms with van der Waals surface area (Å²) in [5.41, 5.74) is -0.677. The fourth-order valence-electron chi connectivity index (χ4n) is 1.22. The SMILES string of the molecule is N#CC(C#N)=C(C#N)Nc1ccc(Br)cc1C(=O)O. The number of nitrogens with zero attached hydrogens (tertiary/aromatic N) is 3. The summed E-state index contributed by atoms with van der Waals surface area (Å²) in [6, 6.07) is 9.12. The van der Waals surface area contributed by atoms with E-state index in [-0.39, 0.29) is 16.9 Å². The van der Waals surface area contributed by atoms with Gasteiger partial charge in [0.2, 0.25) is 0 Å². The van der Waals surface area contributed by atoms with Crippen molar-refractivity contribution in [3.05, 3.63) is 39.5 Å². The predicted octanol–water partition coefficient (Wildman–Crippen LogP) is 2.38. The Balaban J connectivity index is 3.32. The van der Waals surface area contributed by atoms with Crippen LogP contribution in [0.1, 0.15) is 10.4 Å². The summed E-state index contributed by atoms with van der Waals surface area (Å²) in [6.07, 6.45) is 0. The molecule has 0 aliphatic heterocycles. The normalized spacial score (nSPS) is 8.53. The Bertz CT molecular complexity index is 673. The Labute approximate surface area is 116 Å². The van der Waals surface area contributed by atoms with Gasteiger partial charge in [-0.3, -0.25) is 0 Å². The Hall–Kier alpha value is -2.82. The van der Waals surface area contributed by atoms with Gasteiger partial charge in [0, 0.05) is 4.47 Å². The average molecular weight is 317 g/mol. The molecule has 1 aromatic rings. The molecule has 19 heavy (non-hydrogen) atoms. The van der Waals surface area contributed by atoms with Crippen molar-refractivity contribution in [2.45, 2.75) is 0 Å². The van der Waals surface area contributed by atoms with Gasteiger partial charge in [-0.1, -0.05) is 15.9 Å². The lowest BCUT2D eigenvalue weighted by atomic mass is 10.1. The summed E-state index contributed by atoms with van der Waals surface area (Å²) in [6.45, 7) is 0. The first-order chi connectivity index (χ1) is 9.03. The van der Waals surface area contributed by atoms with Crippen LogP contribution in [0.25, 0.3) is 0 Å². The summed E-state index contributed by atoms with van der Waals surface area (Å²) in [5, 5.41) is 37.8. The molecule has 0 fully saturated rings. The van der Waals surface area contributed by atoms with Crippen molar-refractivity contribution in [3.63, 3.8) is 0 Å². The van der Waals surface area contributed by atoms with Gasteiger partial charge in [-0.25, -0.2) is 4.79 Å². The van der Waals surface area contributed by atoms with Crippen LogP contribution in [0.2, 0.25) is 0 Å². The maximum atomic E-state index is 11.1. The third-order valence-corrected chi connectivity index (χ3v) is 2.55. The fraction of sp³-hybridized carbons (Fsp3) is 0. The van der Waals surface area contributed by atoms with E-state index in [0.29, 0.717) is 4.47 Å². The molecule has 0 atom stereocenters. The molecule has 0 radical (unpaired) electrons. The minimum absolute atomic E-state index is 0.0858. The second kappa shape index (κ2) is 6.20. The molecule has 0 aromatic heterocycles. The largest absolute Gasteiger partial charge is 0.478 e. The predicted molar refractivity (Wildman–Crippen MR) is 68.6 cm³/mol. The van der Waals surface area contributed by atoms with Crippen molar-refractivity contribution in [1.29, 1.82) is 15.8 Å². The number of carboxylic acid groups (broad SMARTS) is 1. The monoisotopic (exact) mass is 316 g/mol. The summed E-state index contributed by atoms with van der Waals surface area (Å²) in [7, 11) is 0. The summed E-state index contributed by atoms with van der Waals surface area (Å²) >= 11 is 3.13. The molecule has 7 heteroatoms. The topological polar surface area (TPSA) is 121 Å². The van der Waals surface area contributed by atoms with Crippen LogP contribution in [0, 0.1) is 34.0 Å². The summed E-state index contributed by atoms with van der Waals surface area (Å²) in [4.78, 5) is 11.1. The molecule has 6 nitrogen and oxygen atoms in total. The number of hydrogen-bond donors (Lipinski definition) is 2. The molecular formula is C12H5BrN4O2. The van der Waals surface area contributed by atoms with E-state index in [4.69, 9.17) is 20.9 Å². The van der Waals surface area contributed by atoms with E-state index in [1.807, 2.05) is 0 Å². The zero-order valence-electron chi connectivity index (χ0n) is 9.31. The van der Waals surface area contributed by atoms with Gasteiger partial charge in [-0.15, -0.1) is 0 Å². The van der Waals surface area contributed by atoms with Gasteiger partial charge < -0.3 is 10.4 Å². The van der Waals surface area contributed by atoms with Crippen LogP contribution in [0.15, 0.2) is 33.9 Å². The van der Waals surface area contributed by atoms with Crippen molar-refractivity contribution in [3.8, 4) is 18.2 Å². The van der Waals surface area contributed by atoms with Gasteiger partial charge in [0.15, 0.2) is 5.57 Å². The van der Waals surface area contributed by atoms with Crippen LogP contribution in [0.5, 0.6) is 0 Å². The fourth-order valence-corrected chi connectivity index (χ4v) is 1.58. The molecular weight excluding hydrogens is 312 g/mol. The number of nitriles is 3. The maximum absolute atomic E-state index is 11.1. The second-order valence-corrected chi connectivity index (χ2v) is 4.12. The number of hydrogen-bond acceptors (Lipinski definition) is 5. The molecule has 1 aromatic carbocycles. The molecule has 0 saturated heterocycles. The summed E-state index contributed by atoms with van der Waals surface area (Å²) < 4.78 is 0.554. The highest BCUT2D eigenvalue weighted by Crippen LogP contribution is 2.23. The van der Waals surface area contributed by atoms with E-state index in [1.54, 1.807) is 24.3 Å². The number of allylic oxidation sites excluding steroid dienone is 2. The molecule has 0 bridgehead atoms. The van der Waals surface area contributed by atoms with Crippen molar-refractivity contribution in [1.82, 2.24) is 0 Å². The zero-order valence-corrected chi connectivity index (χ0v) is 10.9. The van der Waals surface area contributed by atoms with Crippen LogP contribution >= 0.6 is 15.9 Å². The molecule has 1 rings (SSSR count). The number of benzene rings is 1. The number of halogens is 1. The molecule has 92 valence electrons. The lowest BCUT2D eigenvalue weighted by molar-refractivity contribution is 0.0698. The maximum Gasteiger partial charge on any atom is 0.337 e. The van der Waals surface area contributed by atoms with E-state index in [0.717, 1.165) is 0 Å². The van der Waals surface area contributed by atoms with E-state index in [9.17, 15) is 4.79 Å². The average Bonchev–Trinajstić information content (AvgIpc) is 2.40. The third kappa shape index (κ3) is 3.32. The van der Waals surface area contributed by atoms with Crippen molar-refractivity contribution >= 4 is 27.6 Å². The van der Waals surface area contributed by atoms with Gasteiger partial charge in [-0.2, -0.15) is 15.8 Å². The minimum Gasteiger partial charge on any atom is -0.478 e. The molecule has 0 aliphatic carbocycles. The molecule has 0 unspecified atom stereocenters. The molecule has 2 N–H and O–H groups in total. The first kappa shape index (κ1) is 14.2. The summed E-state index contributed by atoms with van der Waals surface area (Å²) in [5.74, 6) is -1.20. The van der Waals surface area contributed by atoms with Gasteiger partial charge in [0.1, 0.15) is 23.9 Å². The van der Waals surface area contributed by atoms with Crippen LogP contribution in [0.3, 0.4) is 0 Å². The molecule has 0 heterocycles. The Kier molecular flexibility index (Phi) is 4.65. The highest BCUT2D eigenvalue weighted by molar-refractivity contribution is 9.10. The first-order valence-corrected chi connectivity index (χ1v) is 5.57. The Morgan fingerprint density at radius 2 is 1.84 bits per heavy atom. The molecule has 0 amide bonds. The number of rotatable bonds is 3. The number of carboxylic acids is 1. The number of aromatic carboxylic acids is 1. The molecule has 0 aliphatic rings. The van der Waals surface area contributed by atoms with Crippen molar-refractivity contribution in [2.75, 3.05) is 5.32 Å².